The number of anilines is 1. The quantitative estimate of drug-likeness (QED) is 0.679. The van der Waals surface area contributed by atoms with Crippen molar-refractivity contribution >= 4 is 11.6 Å². The lowest BCUT2D eigenvalue weighted by Gasteiger charge is -2.36. The summed E-state index contributed by atoms with van der Waals surface area (Å²) < 4.78 is 11.0. The lowest BCUT2D eigenvalue weighted by atomic mass is 10.2. The van der Waals surface area contributed by atoms with Gasteiger partial charge in [0, 0.05) is 31.9 Å². The zero-order chi connectivity index (χ0) is 19.2. The van der Waals surface area contributed by atoms with Gasteiger partial charge in [0.05, 0.1) is 12.5 Å². The second-order valence-corrected chi connectivity index (χ2v) is 7.14. The van der Waals surface area contributed by atoms with E-state index in [0.29, 0.717) is 19.6 Å². The Bertz CT molecular complexity index is 802. The number of piperazine rings is 1. The van der Waals surface area contributed by atoms with E-state index in [1.807, 2.05) is 35.2 Å². The van der Waals surface area contributed by atoms with E-state index in [9.17, 15) is 4.79 Å². The standard InChI is InChI=1S/C22H25N3O3/c26-22(25-12-10-24(11-13-25)19-6-2-1-3-7-19)18-23(16-20-8-4-14-27-20)17-21-9-5-15-28-21/h1-9,14-15H,10-13,16-18H2/p+1. The van der Waals surface area contributed by atoms with Crippen LogP contribution in [0.5, 0.6) is 0 Å². The van der Waals surface area contributed by atoms with Crippen LogP contribution in [0.3, 0.4) is 0 Å². The number of quaternary nitrogens is 1. The van der Waals surface area contributed by atoms with Gasteiger partial charge in [-0.15, -0.1) is 0 Å². The molecule has 4 rings (SSSR count). The van der Waals surface area contributed by atoms with Gasteiger partial charge in [-0.05, 0) is 36.4 Å². The molecule has 0 aliphatic carbocycles. The van der Waals surface area contributed by atoms with Crippen molar-refractivity contribution in [2.24, 2.45) is 0 Å². The van der Waals surface area contributed by atoms with E-state index in [1.165, 1.54) is 5.69 Å². The molecule has 146 valence electrons. The van der Waals surface area contributed by atoms with Crippen LogP contribution in [-0.4, -0.2) is 43.5 Å². The summed E-state index contributed by atoms with van der Waals surface area (Å²) >= 11 is 0. The highest BCUT2D eigenvalue weighted by molar-refractivity contribution is 5.77. The molecule has 1 fully saturated rings. The Kier molecular flexibility index (Phi) is 5.77. The predicted octanol–water partition coefficient (Wildman–Crippen LogP) is 1.81. The Morgan fingerprint density at radius 3 is 1.96 bits per heavy atom. The summed E-state index contributed by atoms with van der Waals surface area (Å²) in [5.74, 6) is 1.94. The van der Waals surface area contributed by atoms with E-state index in [4.69, 9.17) is 8.83 Å². The first kappa shape index (κ1) is 18.4. The number of benzene rings is 1. The van der Waals surface area contributed by atoms with Gasteiger partial charge in [0.1, 0.15) is 13.1 Å². The van der Waals surface area contributed by atoms with Crippen molar-refractivity contribution in [3.8, 4) is 0 Å². The molecule has 1 aromatic carbocycles. The van der Waals surface area contributed by atoms with Crippen molar-refractivity contribution in [3.63, 3.8) is 0 Å². The molecular formula is C22H26N3O3+. The van der Waals surface area contributed by atoms with Crippen LogP contribution in [0.1, 0.15) is 11.5 Å². The highest BCUT2D eigenvalue weighted by atomic mass is 16.3. The Balaban J connectivity index is 1.34. The van der Waals surface area contributed by atoms with Gasteiger partial charge < -0.3 is 23.5 Å². The fourth-order valence-corrected chi connectivity index (χ4v) is 3.69. The molecule has 0 spiro atoms. The van der Waals surface area contributed by atoms with Gasteiger partial charge in [0.25, 0.3) is 5.91 Å². The molecule has 1 amide bonds. The van der Waals surface area contributed by atoms with E-state index in [2.05, 4.69) is 29.2 Å². The number of rotatable bonds is 7. The number of carbonyl (C=O) groups excluding carboxylic acids is 1. The molecule has 28 heavy (non-hydrogen) atoms. The molecule has 3 aromatic rings. The average Bonchev–Trinajstić information content (AvgIpc) is 3.43. The molecule has 0 radical (unpaired) electrons. The summed E-state index contributed by atoms with van der Waals surface area (Å²) in [6, 6.07) is 18.0. The molecule has 0 unspecified atom stereocenters. The van der Waals surface area contributed by atoms with Gasteiger partial charge >= 0.3 is 0 Å². The van der Waals surface area contributed by atoms with E-state index in [0.717, 1.165) is 42.6 Å². The molecule has 6 nitrogen and oxygen atoms in total. The summed E-state index contributed by atoms with van der Waals surface area (Å²) in [6.07, 6.45) is 3.34. The number of hydrogen-bond acceptors (Lipinski definition) is 4. The number of para-hydroxylation sites is 1. The third kappa shape index (κ3) is 4.64. The molecule has 3 heterocycles. The van der Waals surface area contributed by atoms with Crippen LogP contribution >= 0.6 is 0 Å². The molecule has 6 heteroatoms. The molecule has 1 aliphatic rings. The van der Waals surface area contributed by atoms with Crippen molar-refractivity contribution in [1.29, 1.82) is 0 Å². The van der Waals surface area contributed by atoms with Gasteiger partial charge in [-0.1, -0.05) is 18.2 Å². The van der Waals surface area contributed by atoms with Crippen LogP contribution in [0.25, 0.3) is 0 Å². The van der Waals surface area contributed by atoms with Gasteiger partial charge in [0.2, 0.25) is 0 Å². The monoisotopic (exact) mass is 380 g/mol. The van der Waals surface area contributed by atoms with Gasteiger partial charge in [-0.3, -0.25) is 4.79 Å². The molecule has 2 aromatic heterocycles. The molecule has 0 saturated carbocycles. The fourth-order valence-electron chi connectivity index (χ4n) is 3.69. The highest BCUT2D eigenvalue weighted by Crippen LogP contribution is 2.15. The second-order valence-electron chi connectivity index (χ2n) is 7.14. The topological polar surface area (TPSA) is 54.3 Å². The number of nitrogens with zero attached hydrogens (tertiary/aromatic N) is 2. The van der Waals surface area contributed by atoms with Gasteiger partial charge in [0.15, 0.2) is 18.1 Å². The van der Waals surface area contributed by atoms with Crippen LogP contribution in [0.4, 0.5) is 5.69 Å². The first-order valence-corrected chi connectivity index (χ1v) is 9.74. The molecule has 1 saturated heterocycles. The maximum absolute atomic E-state index is 12.9. The smallest absolute Gasteiger partial charge is 0.277 e. The Morgan fingerprint density at radius 1 is 0.821 bits per heavy atom. The molecule has 0 atom stereocenters. The van der Waals surface area contributed by atoms with Crippen LogP contribution in [0, 0.1) is 0 Å². The molecular weight excluding hydrogens is 354 g/mol. The van der Waals surface area contributed by atoms with Crippen LogP contribution < -0.4 is 9.80 Å². The SMILES string of the molecule is O=C(C[NH+](Cc1ccco1)Cc1ccco1)N1CCN(c2ccccc2)CC1. The minimum atomic E-state index is 0.181. The van der Waals surface area contributed by atoms with Crippen LogP contribution in [-0.2, 0) is 17.9 Å². The predicted molar refractivity (Wildman–Crippen MR) is 106 cm³/mol. The first-order valence-electron chi connectivity index (χ1n) is 9.74. The third-order valence-corrected chi connectivity index (χ3v) is 5.16. The molecule has 0 bridgehead atoms. The van der Waals surface area contributed by atoms with Crippen LogP contribution in [0.15, 0.2) is 76.0 Å². The minimum Gasteiger partial charge on any atom is -0.463 e. The zero-order valence-electron chi connectivity index (χ0n) is 15.9. The summed E-state index contributed by atoms with van der Waals surface area (Å²) in [5.41, 5.74) is 1.22. The fraction of sp³-hybridized carbons (Fsp3) is 0.318. The average molecular weight is 380 g/mol. The van der Waals surface area contributed by atoms with E-state index in [-0.39, 0.29) is 5.91 Å². The van der Waals surface area contributed by atoms with Crippen molar-refractivity contribution in [3.05, 3.63) is 78.6 Å². The highest BCUT2D eigenvalue weighted by Gasteiger charge is 2.25. The third-order valence-electron chi connectivity index (χ3n) is 5.16. The Labute approximate surface area is 164 Å². The van der Waals surface area contributed by atoms with E-state index in [1.54, 1.807) is 12.5 Å². The lowest BCUT2D eigenvalue weighted by molar-refractivity contribution is -0.921. The molecule has 1 N–H and O–H groups in total. The summed E-state index contributed by atoms with van der Waals surface area (Å²) in [6.45, 7) is 4.97. The Morgan fingerprint density at radius 2 is 1.43 bits per heavy atom. The van der Waals surface area contributed by atoms with Crippen LogP contribution in [0.2, 0.25) is 0 Å². The number of carbonyl (C=O) groups is 1. The summed E-state index contributed by atoms with van der Waals surface area (Å²) in [5, 5.41) is 0. The number of hydrogen-bond donors (Lipinski definition) is 1. The number of amides is 1. The van der Waals surface area contributed by atoms with Crippen molar-refractivity contribution in [1.82, 2.24) is 4.90 Å². The second kappa shape index (κ2) is 8.80. The number of furan rings is 2. The maximum Gasteiger partial charge on any atom is 0.277 e. The Hall–Kier alpha value is -2.99. The van der Waals surface area contributed by atoms with Crippen molar-refractivity contribution < 1.29 is 18.5 Å². The summed E-state index contributed by atoms with van der Waals surface area (Å²) in [4.78, 5) is 18.4. The normalized spacial score (nSPS) is 14.6. The maximum atomic E-state index is 12.9. The van der Waals surface area contributed by atoms with Crippen molar-refractivity contribution in [2.75, 3.05) is 37.6 Å². The van der Waals surface area contributed by atoms with E-state index >= 15 is 0 Å². The number of nitrogens with one attached hydrogen (secondary N) is 1. The largest absolute Gasteiger partial charge is 0.463 e. The van der Waals surface area contributed by atoms with E-state index < -0.39 is 0 Å². The zero-order valence-corrected chi connectivity index (χ0v) is 15.9. The van der Waals surface area contributed by atoms with Gasteiger partial charge in [-0.2, -0.15) is 0 Å². The molecule has 1 aliphatic heterocycles. The van der Waals surface area contributed by atoms with Gasteiger partial charge in [-0.25, -0.2) is 0 Å². The first-order chi connectivity index (χ1) is 13.8. The summed E-state index contributed by atoms with van der Waals surface area (Å²) in [7, 11) is 0. The van der Waals surface area contributed by atoms with Crippen molar-refractivity contribution in [2.45, 2.75) is 13.1 Å². The minimum absolute atomic E-state index is 0.181. The lowest BCUT2D eigenvalue weighted by Crippen LogP contribution is -3.10.